The van der Waals surface area contributed by atoms with E-state index in [1.807, 2.05) is 0 Å². The minimum atomic E-state index is 0.539. The van der Waals surface area contributed by atoms with Crippen molar-refractivity contribution in [1.29, 1.82) is 0 Å². The van der Waals surface area contributed by atoms with E-state index in [1.165, 1.54) is 71.4 Å². The first-order valence-electron chi connectivity index (χ1n) is 9.18. The predicted molar refractivity (Wildman–Crippen MR) is 91.8 cm³/mol. The van der Waals surface area contributed by atoms with Gasteiger partial charge in [-0.3, -0.25) is 4.90 Å². The van der Waals surface area contributed by atoms with Crippen molar-refractivity contribution in [2.24, 2.45) is 11.3 Å². The molecule has 2 fully saturated rings. The van der Waals surface area contributed by atoms with E-state index in [1.54, 1.807) is 0 Å². The first-order chi connectivity index (χ1) is 10.0. The topological polar surface area (TPSA) is 18.5 Å². The number of hydrogen-bond acceptors (Lipinski definition) is 3. The van der Waals surface area contributed by atoms with Crippen LogP contribution in [-0.4, -0.2) is 62.2 Å². The van der Waals surface area contributed by atoms with Crippen LogP contribution in [0, 0.1) is 11.3 Å². The lowest BCUT2D eigenvalue weighted by Gasteiger charge is -2.46. The monoisotopic (exact) mass is 295 g/mol. The number of hydrogen-bond donors (Lipinski definition) is 1. The highest BCUT2D eigenvalue weighted by atomic mass is 15.3. The van der Waals surface area contributed by atoms with Gasteiger partial charge in [-0.2, -0.15) is 0 Å². The molecule has 3 nitrogen and oxygen atoms in total. The molecule has 1 aliphatic carbocycles. The van der Waals surface area contributed by atoms with Gasteiger partial charge in [0, 0.05) is 38.8 Å². The number of nitrogens with zero attached hydrogens (tertiary/aromatic N) is 2. The van der Waals surface area contributed by atoms with Crippen LogP contribution in [0.1, 0.15) is 52.9 Å². The van der Waals surface area contributed by atoms with Crippen LogP contribution < -0.4 is 5.32 Å². The van der Waals surface area contributed by atoms with Crippen LogP contribution in [0.3, 0.4) is 0 Å². The molecule has 21 heavy (non-hydrogen) atoms. The Morgan fingerprint density at radius 2 is 1.86 bits per heavy atom. The Kier molecular flexibility index (Phi) is 6.51. The van der Waals surface area contributed by atoms with Gasteiger partial charge in [-0.15, -0.1) is 0 Å². The van der Waals surface area contributed by atoms with Crippen LogP contribution in [0.5, 0.6) is 0 Å². The lowest BCUT2D eigenvalue weighted by Crippen LogP contribution is -2.54. The highest BCUT2D eigenvalue weighted by Gasteiger charge is 2.36. The summed E-state index contributed by atoms with van der Waals surface area (Å²) in [6.45, 7) is 14.5. The van der Waals surface area contributed by atoms with Crippen LogP contribution in [0.25, 0.3) is 0 Å². The fourth-order valence-corrected chi connectivity index (χ4v) is 4.04. The van der Waals surface area contributed by atoms with Crippen LogP contribution in [0.2, 0.25) is 0 Å². The van der Waals surface area contributed by atoms with Crippen molar-refractivity contribution in [2.75, 3.05) is 46.3 Å². The van der Waals surface area contributed by atoms with Gasteiger partial charge < -0.3 is 10.2 Å². The first-order valence-corrected chi connectivity index (χ1v) is 9.18. The molecule has 1 heterocycles. The van der Waals surface area contributed by atoms with E-state index in [2.05, 4.69) is 42.9 Å². The summed E-state index contributed by atoms with van der Waals surface area (Å²) in [5.41, 5.74) is 0.539. The summed E-state index contributed by atoms with van der Waals surface area (Å²) in [5, 5.41) is 3.73. The largest absolute Gasteiger partial charge is 0.316 e. The van der Waals surface area contributed by atoms with Crippen molar-refractivity contribution in [1.82, 2.24) is 15.1 Å². The third kappa shape index (κ3) is 4.94. The minimum absolute atomic E-state index is 0.539. The summed E-state index contributed by atoms with van der Waals surface area (Å²) in [6, 6.07) is 0.710. The van der Waals surface area contributed by atoms with E-state index in [4.69, 9.17) is 0 Å². The normalized spacial score (nSPS) is 36.0. The van der Waals surface area contributed by atoms with Crippen molar-refractivity contribution in [3.05, 3.63) is 0 Å². The fourth-order valence-electron chi connectivity index (χ4n) is 4.04. The molecule has 1 atom stereocenters. The molecule has 0 aromatic heterocycles. The molecule has 1 unspecified atom stereocenters. The first kappa shape index (κ1) is 17.2. The quantitative estimate of drug-likeness (QED) is 0.760. The molecular weight excluding hydrogens is 258 g/mol. The van der Waals surface area contributed by atoms with E-state index in [9.17, 15) is 0 Å². The van der Waals surface area contributed by atoms with Crippen molar-refractivity contribution >= 4 is 0 Å². The second kappa shape index (κ2) is 7.94. The minimum Gasteiger partial charge on any atom is -0.316 e. The maximum Gasteiger partial charge on any atom is 0.0192 e. The maximum absolute atomic E-state index is 3.73. The molecule has 1 saturated heterocycles. The lowest BCUT2D eigenvalue weighted by molar-refractivity contribution is 0.0399. The number of nitrogens with one attached hydrogen (secondary N) is 1. The van der Waals surface area contributed by atoms with Gasteiger partial charge in [-0.05, 0) is 51.1 Å². The average Bonchev–Trinajstić information content (AvgIpc) is 2.47. The Bertz CT molecular complexity index is 297. The molecule has 0 bridgehead atoms. The van der Waals surface area contributed by atoms with Gasteiger partial charge in [0.2, 0.25) is 0 Å². The summed E-state index contributed by atoms with van der Waals surface area (Å²) in [7, 11) is 2.27. The summed E-state index contributed by atoms with van der Waals surface area (Å²) in [6.07, 6.45) is 6.95. The van der Waals surface area contributed by atoms with Crippen LogP contribution in [0.4, 0.5) is 0 Å². The van der Waals surface area contributed by atoms with E-state index >= 15 is 0 Å². The maximum atomic E-state index is 3.73. The summed E-state index contributed by atoms with van der Waals surface area (Å²) in [5.74, 6) is 0.940. The molecule has 1 saturated carbocycles. The highest BCUT2D eigenvalue weighted by Crippen LogP contribution is 2.39. The standard InChI is InChI=1S/C18H37N3/c1-5-10-19-14-18(8-6-16(2)7-9-18)15-21-12-11-20(4)17(3)13-21/h16-17,19H,5-15H2,1-4H3. The van der Waals surface area contributed by atoms with Gasteiger partial charge in [0.25, 0.3) is 0 Å². The Morgan fingerprint density at radius 1 is 1.14 bits per heavy atom. The Hall–Kier alpha value is -0.120. The summed E-state index contributed by atoms with van der Waals surface area (Å²) >= 11 is 0. The number of rotatable bonds is 6. The van der Waals surface area contributed by atoms with Crippen molar-refractivity contribution in [3.8, 4) is 0 Å². The third-order valence-corrected chi connectivity index (χ3v) is 5.86. The second-order valence-electron chi connectivity index (χ2n) is 7.92. The molecule has 0 radical (unpaired) electrons. The Balaban J connectivity index is 1.92. The zero-order valence-corrected chi connectivity index (χ0v) is 14.8. The van der Waals surface area contributed by atoms with Gasteiger partial charge in [-0.1, -0.05) is 26.7 Å². The van der Waals surface area contributed by atoms with Crippen LogP contribution in [-0.2, 0) is 0 Å². The zero-order chi connectivity index (χ0) is 15.3. The SMILES string of the molecule is CCCNCC1(CN2CCN(C)C(C)C2)CCC(C)CC1. The second-order valence-corrected chi connectivity index (χ2v) is 7.92. The molecule has 124 valence electrons. The van der Waals surface area contributed by atoms with Gasteiger partial charge in [0.05, 0.1) is 0 Å². The Morgan fingerprint density at radius 3 is 2.48 bits per heavy atom. The summed E-state index contributed by atoms with van der Waals surface area (Å²) in [4.78, 5) is 5.25. The van der Waals surface area contributed by atoms with Gasteiger partial charge in [0.1, 0.15) is 0 Å². The molecule has 0 aromatic rings. The van der Waals surface area contributed by atoms with Crippen molar-refractivity contribution in [3.63, 3.8) is 0 Å². The van der Waals surface area contributed by atoms with E-state index in [-0.39, 0.29) is 0 Å². The van der Waals surface area contributed by atoms with Crippen molar-refractivity contribution < 1.29 is 0 Å². The van der Waals surface area contributed by atoms with E-state index in [0.29, 0.717) is 11.5 Å². The average molecular weight is 296 g/mol. The Labute approximate surface area is 132 Å². The molecule has 0 amide bonds. The molecule has 1 aliphatic heterocycles. The van der Waals surface area contributed by atoms with Gasteiger partial charge in [0.15, 0.2) is 0 Å². The molecule has 2 rings (SSSR count). The predicted octanol–water partition coefficient (Wildman–Crippen LogP) is 2.82. The van der Waals surface area contributed by atoms with Gasteiger partial charge in [-0.25, -0.2) is 0 Å². The zero-order valence-electron chi connectivity index (χ0n) is 14.8. The molecule has 1 N–H and O–H groups in total. The van der Waals surface area contributed by atoms with E-state index in [0.717, 1.165) is 5.92 Å². The molecule has 0 spiro atoms. The molecule has 2 aliphatic rings. The van der Waals surface area contributed by atoms with Crippen LogP contribution in [0.15, 0.2) is 0 Å². The summed E-state index contributed by atoms with van der Waals surface area (Å²) < 4.78 is 0. The molecular formula is C18H37N3. The third-order valence-electron chi connectivity index (χ3n) is 5.86. The van der Waals surface area contributed by atoms with E-state index < -0.39 is 0 Å². The molecule has 3 heteroatoms. The van der Waals surface area contributed by atoms with Crippen LogP contribution >= 0.6 is 0 Å². The lowest BCUT2D eigenvalue weighted by atomic mass is 9.70. The fraction of sp³-hybridized carbons (Fsp3) is 1.00. The smallest absolute Gasteiger partial charge is 0.0192 e. The van der Waals surface area contributed by atoms with Gasteiger partial charge >= 0.3 is 0 Å². The number of likely N-dealkylation sites (N-methyl/N-ethyl adjacent to an activating group) is 1. The molecule has 0 aromatic carbocycles. The number of piperazine rings is 1. The van der Waals surface area contributed by atoms with Crippen molar-refractivity contribution in [2.45, 2.75) is 58.9 Å². The highest BCUT2D eigenvalue weighted by molar-refractivity contribution is 4.91.